The van der Waals surface area contributed by atoms with Gasteiger partial charge in [-0.3, -0.25) is 4.79 Å². The smallest absolute Gasteiger partial charge is 0.275 e. The Morgan fingerprint density at radius 3 is 2.84 bits per heavy atom. The Morgan fingerprint density at radius 2 is 2.00 bits per heavy atom. The number of aromatic nitrogens is 2. The molecule has 25 heavy (non-hydrogen) atoms. The zero-order chi connectivity index (χ0) is 17.1. The van der Waals surface area contributed by atoms with Crippen LogP contribution in [0.5, 0.6) is 0 Å². The van der Waals surface area contributed by atoms with Crippen molar-refractivity contribution in [1.29, 1.82) is 0 Å². The number of H-pyrrole nitrogens is 1. The Balaban J connectivity index is 1.34. The van der Waals surface area contributed by atoms with Crippen molar-refractivity contribution in [3.63, 3.8) is 0 Å². The molecular weight excluding hydrogens is 312 g/mol. The van der Waals surface area contributed by atoms with Crippen LogP contribution >= 0.6 is 0 Å². The van der Waals surface area contributed by atoms with Crippen molar-refractivity contribution in [2.24, 2.45) is 0 Å². The maximum absolute atomic E-state index is 12.4. The van der Waals surface area contributed by atoms with Gasteiger partial charge < -0.3 is 15.2 Å². The predicted octanol–water partition coefficient (Wildman–Crippen LogP) is 1.77. The van der Waals surface area contributed by atoms with Crippen LogP contribution in [-0.4, -0.2) is 41.6 Å². The summed E-state index contributed by atoms with van der Waals surface area (Å²) in [6.45, 7) is 2.69. The second kappa shape index (κ2) is 7.56. The maximum atomic E-state index is 12.4. The first-order valence-electron chi connectivity index (χ1n) is 9.85. The van der Waals surface area contributed by atoms with Crippen LogP contribution in [-0.2, 0) is 4.79 Å². The van der Waals surface area contributed by atoms with E-state index in [1.807, 2.05) is 12.1 Å². The molecule has 5 heteroatoms. The molecule has 1 saturated heterocycles. The average Bonchev–Trinajstić information content (AvgIpc) is 3.07. The number of para-hydroxylation sites is 2. The third-order valence-electron chi connectivity index (χ3n) is 5.79. The van der Waals surface area contributed by atoms with E-state index in [4.69, 9.17) is 4.98 Å². The second-order valence-electron chi connectivity index (χ2n) is 7.76. The number of benzene rings is 1. The molecule has 1 aromatic carbocycles. The molecule has 2 fully saturated rings. The fourth-order valence-corrected chi connectivity index (χ4v) is 4.46. The third kappa shape index (κ3) is 4.03. The molecule has 3 N–H and O–H groups in total. The fourth-order valence-electron chi connectivity index (χ4n) is 4.46. The standard InChI is InChI=1S/C20H28N4O/c25-19(21-16-8-2-1-3-9-16)14-24-12-6-7-15(13-24)20-22-17-10-4-5-11-18(17)23-20/h4-5,10-11,15-16H,1-3,6-9,12-14H2,(H,21,25)(H,22,23)/p+1/t15-/m0/s1. The van der Waals surface area contributed by atoms with E-state index in [0.29, 0.717) is 18.5 Å². The van der Waals surface area contributed by atoms with Crippen LogP contribution in [0, 0.1) is 0 Å². The molecule has 1 saturated carbocycles. The molecule has 1 aliphatic carbocycles. The van der Waals surface area contributed by atoms with E-state index in [1.54, 1.807) is 0 Å². The minimum Gasteiger partial charge on any atom is -0.348 e. The monoisotopic (exact) mass is 341 g/mol. The van der Waals surface area contributed by atoms with Crippen molar-refractivity contribution >= 4 is 16.9 Å². The number of amides is 1. The van der Waals surface area contributed by atoms with Crippen LogP contribution in [0.4, 0.5) is 0 Å². The van der Waals surface area contributed by atoms with Crippen molar-refractivity contribution in [3.8, 4) is 0 Å². The number of carbonyl (C=O) groups is 1. The summed E-state index contributed by atoms with van der Waals surface area (Å²) in [5, 5.41) is 3.26. The molecule has 2 aromatic rings. The van der Waals surface area contributed by atoms with E-state index < -0.39 is 0 Å². The quantitative estimate of drug-likeness (QED) is 0.794. The predicted molar refractivity (Wildman–Crippen MR) is 98.6 cm³/mol. The van der Waals surface area contributed by atoms with Crippen LogP contribution in [0.3, 0.4) is 0 Å². The van der Waals surface area contributed by atoms with Gasteiger partial charge in [-0.05, 0) is 37.8 Å². The Labute approximate surface area is 149 Å². The molecule has 1 amide bonds. The molecule has 134 valence electrons. The molecule has 4 rings (SSSR count). The van der Waals surface area contributed by atoms with Gasteiger partial charge in [0.2, 0.25) is 0 Å². The Kier molecular flexibility index (Phi) is 5.02. The van der Waals surface area contributed by atoms with Gasteiger partial charge in [-0.15, -0.1) is 0 Å². The summed E-state index contributed by atoms with van der Waals surface area (Å²) in [6.07, 6.45) is 8.47. The van der Waals surface area contributed by atoms with Gasteiger partial charge in [0.15, 0.2) is 6.54 Å². The van der Waals surface area contributed by atoms with Crippen molar-refractivity contribution in [3.05, 3.63) is 30.1 Å². The number of fused-ring (bicyclic) bond motifs is 1. The number of aromatic amines is 1. The highest BCUT2D eigenvalue weighted by atomic mass is 16.2. The first-order valence-corrected chi connectivity index (χ1v) is 9.85. The van der Waals surface area contributed by atoms with E-state index in [1.165, 1.54) is 24.2 Å². The largest absolute Gasteiger partial charge is 0.348 e. The minimum absolute atomic E-state index is 0.229. The number of piperidine rings is 1. The molecule has 5 nitrogen and oxygen atoms in total. The van der Waals surface area contributed by atoms with Gasteiger partial charge in [0.25, 0.3) is 5.91 Å². The van der Waals surface area contributed by atoms with E-state index in [0.717, 1.165) is 55.6 Å². The lowest BCUT2D eigenvalue weighted by Gasteiger charge is -2.29. The van der Waals surface area contributed by atoms with Gasteiger partial charge in [-0.1, -0.05) is 31.4 Å². The van der Waals surface area contributed by atoms with Crippen molar-refractivity contribution < 1.29 is 9.69 Å². The lowest BCUT2D eigenvalue weighted by Crippen LogP contribution is -3.14. The summed E-state index contributed by atoms with van der Waals surface area (Å²) in [5.74, 6) is 1.75. The number of hydrogen-bond acceptors (Lipinski definition) is 2. The molecule has 2 atom stereocenters. The van der Waals surface area contributed by atoms with E-state index in [9.17, 15) is 4.79 Å². The lowest BCUT2D eigenvalue weighted by molar-refractivity contribution is -0.898. The SMILES string of the molecule is O=C(C[NH+]1CCC[C@H](c2nc3ccccc3[nH]2)C1)NC1CCCCC1. The van der Waals surface area contributed by atoms with Gasteiger partial charge in [-0.2, -0.15) is 0 Å². The molecule has 2 aliphatic rings. The van der Waals surface area contributed by atoms with Gasteiger partial charge in [-0.25, -0.2) is 4.98 Å². The summed E-state index contributed by atoms with van der Waals surface area (Å²) < 4.78 is 0. The van der Waals surface area contributed by atoms with Crippen LogP contribution < -0.4 is 10.2 Å². The third-order valence-corrected chi connectivity index (χ3v) is 5.79. The molecule has 0 radical (unpaired) electrons. The van der Waals surface area contributed by atoms with Gasteiger partial charge in [0, 0.05) is 6.04 Å². The zero-order valence-corrected chi connectivity index (χ0v) is 14.9. The summed E-state index contributed by atoms with van der Waals surface area (Å²) in [5.41, 5.74) is 2.15. The number of quaternary nitrogens is 1. The van der Waals surface area contributed by atoms with E-state index >= 15 is 0 Å². The number of likely N-dealkylation sites (tertiary alicyclic amines) is 1. The number of nitrogens with one attached hydrogen (secondary N) is 3. The molecule has 0 spiro atoms. The number of nitrogens with zero attached hydrogens (tertiary/aromatic N) is 1. The molecular formula is C20H29N4O+. The van der Waals surface area contributed by atoms with Crippen LogP contribution in [0.2, 0.25) is 0 Å². The first-order chi connectivity index (χ1) is 12.3. The van der Waals surface area contributed by atoms with Crippen LogP contribution in [0.25, 0.3) is 11.0 Å². The highest BCUT2D eigenvalue weighted by Gasteiger charge is 2.28. The van der Waals surface area contributed by atoms with Gasteiger partial charge in [0.1, 0.15) is 5.82 Å². The molecule has 1 aromatic heterocycles. The van der Waals surface area contributed by atoms with Gasteiger partial charge in [0.05, 0.1) is 30.0 Å². The molecule has 2 heterocycles. The summed E-state index contributed by atoms with van der Waals surface area (Å²) in [6, 6.07) is 8.62. The highest BCUT2D eigenvalue weighted by Crippen LogP contribution is 2.22. The second-order valence-corrected chi connectivity index (χ2v) is 7.76. The van der Waals surface area contributed by atoms with E-state index in [-0.39, 0.29) is 5.91 Å². The average molecular weight is 341 g/mol. The van der Waals surface area contributed by atoms with Crippen LogP contribution in [0.15, 0.2) is 24.3 Å². The van der Waals surface area contributed by atoms with Crippen molar-refractivity contribution in [1.82, 2.24) is 15.3 Å². The maximum Gasteiger partial charge on any atom is 0.275 e. The van der Waals surface area contributed by atoms with Crippen molar-refractivity contribution in [2.75, 3.05) is 19.6 Å². The number of hydrogen-bond donors (Lipinski definition) is 3. The Hall–Kier alpha value is -1.88. The minimum atomic E-state index is 0.229. The zero-order valence-electron chi connectivity index (χ0n) is 14.9. The Bertz CT molecular complexity index is 686. The van der Waals surface area contributed by atoms with Crippen molar-refractivity contribution in [2.45, 2.75) is 56.9 Å². The molecule has 1 aliphatic heterocycles. The fraction of sp³-hybridized carbons (Fsp3) is 0.600. The summed E-state index contributed by atoms with van der Waals surface area (Å²) in [4.78, 5) is 22.1. The molecule has 0 bridgehead atoms. The molecule has 1 unspecified atom stereocenters. The lowest BCUT2D eigenvalue weighted by atomic mass is 9.95. The summed E-state index contributed by atoms with van der Waals surface area (Å²) >= 11 is 0. The Morgan fingerprint density at radius 1 is 1.16 bits per heavy atom. The van der Waals surface area contributed by atoms with Crippen LogP contribution in [0.1, 0.15) is 56.7 Å². The first kappa shape index (κ1) is 16.6. The highest BCUT2D eigenvalue weighted by molar-refractivity contribution is 5.77. The summed E-state index contributed by atoms with van der Waals surface area (Å²) in [7, 11) is 0. The van der Waals surface area contributed by atoms with E-state index in [2.05, 4.69) is 22.4 Å². The number of rotatable bonds is 4. The normalized spacial score (nSPS) is 25.1. The number of carbonyl (C=O) groups excluding carboxylic acids is 1. The van der Waals surface area contributed by atoms with Gasteiger partial charge >= 0.3 is 0 Å². The topological polar surface area (TPSA) is 62.2 Å². The number of imidazole rings is 1.